The van der Waals surface area contributed by atoms with Crippen LogP contribution >= 0.6 is 0 Å². The molecule has 0 aliphatic rings. The molecule has 1 atom stereocenters. The number of aryl methyl sites for hydroxylation is 1. The molecule has 0 heterocycles. The van der Waals surface area contributed by atoms with Gasteiger partial charge in [0.25, 0.3) is 0 Å². The Morgan fingerprint density at radius 2 is 2.06 bits per heavy atom. The third kappa shape index (κ3) is 5.14. The molecule has 0 fully saturated rings. The van der Waals surface area contributed by atoms with E-state index in [1.165, 1.54) is 5.56 Å². The van der Waals surface area contributed by atoms with Gasteiger partial charge in [0, 0.05) is 12.3 Å². The molecule has 1 aromatic rings. The van der Waals surface area contributed by atoms with Gasteiger partial charge in [0.1, 0.15) is 6.29 Å². The fraction of sp³-hybridized carbons (Fsp3) is 0.500. The minimum atomic E-state index is 0.0286. The number of carbonyl (C=O) groups is 1. The van der Waals surface area contributed by atoms with Crippen LogP contribution in [-0.2, 0) is 4.79 Å². The van der Waals surface area contributed by atoms with Crippen molar-refractivity contribution in [2.24, 2.45) is 0 Å². The zero-order valence-corrected chi connectivity index (χ0v) is 11.1. The van der Waals surface area contributed by atoms with E-state index in [-0.39, 0.29) is 5.92 Å². The first-order valence-electron chi connectivity index (χ1n) is 6.66. The topological polar surface area (TPSA) is 40.9 Å². The second-order valence-electron chi connectivity index (χ2n) is 4.77. The van der Waals surface area contributed by atoms with E-state index in [1.54, 1.807) is 0 Å². The average Bonchev–Trinajstić information content (AvgIpc) is 2.38. The van der Waals surface area contributed by atoms with E-state index in [0.29, 0.717) is 6.42 Å². The highest BCUT2D eigenvalue weighted by Crippen LogP contribution is 2.21. The Labute approximate surface area is 110 Å². The van der Waals surface area contributed by atoms with E-state index in [4.69, 9.17) is 5.26 Å². The van der Waals surface area contributed by atoms with Crippen LogP contribution in [0.3, 0.4) is 0 Å². The highest BCUT2D eigenvalue weighted by molar-refractivity contribution is 5.62. The van der Waals surface area contributed by atoms with E-state index in [2.05, 4.69) is 12.1 Å². The molecular formula is C16H21NO. The van der Waals surface area contributed by atoms with Crippen molar-refractivity contribution in [2.75, 3.05) is 0 Å². The highest BCUT2D eigenvalue weighted by atomic mass is 16.1. The zero-order valence-electron chi connectivity index (χ0n) is 11.1. The smallest absolute Gasteiger partial charge is 0.127 e. The summed E-state index contributed by atoms with van der Waals surface area (Å²) in [6, 6.07) is 10.3. The number of hydrogen-bond donors (Lipinski definition) is 0. The molecule has 0 saturated carbocycles. The van der Waals surface area contributed by atoms with E-state index in [0.717, 1.165) is 44.0 Å². The van der Waals surface area contributed by atoms with Crippen molar-refractivity contribution < 1.29 is 4.79 Å². The molecule has 18 heavy (non-hydrogen) atoms. The molecule has 0 amide bonds. The number of rotatable bonds is 8. The first-order chi connectivity index (χ1) is 8.77. The normalized spacial score (nSPS) is 11.8. The number of unbranched alkanes of at least 4 members (excludes halogenated alkanes) is 4. The van der Waals surface area contributed by atoms with Gasteiger partial charge in [-0.3, -0.25) is 0 Å². The fourth-order valence-electron chi connectivity index (χ4n) is 2.14. The van der Waals surface area contributed by atoms with Crippen LogP contribution in [0.4, 0.5) is 0 Å². The minimum Gasteiger partial charge on any atom is -0.303 e. The van der Waals surface area contributed by atoms with Crippen LogP contribution in [0.25, 0.3) is 0 Å². The van der Waals surface area contributed by atoms with Crippen LogP contribution in [-0.4, -0.2) is 6.29 Å². The van der Waals surface area contributed by atoms with Gasteiger partial charge in [-0.25, -0.2) is 0 Å². The summed E-state index contributed by atoms with van der Waals surface area (Å²) < 4.78 is 0. The third-order valence-electron chi connectivity index (χ3n) is 3.19. The standard InChI is InChI=1S/C16H21NO/c1-14-8-7-10-15(12-14)16(13-18)9-5-3-2-4-6-11-17/h7-8,10,12-13,16H,2-6,9H2,1H3. The summed E-state index contributed by atoms with van der Waals surface area (Å²) in [5.74, 6) is 0.0286. The molecule has 96 valence electrons. The van der Waals surface area contributed by atoms with Gasteiger partial charge in [-0.2, -0.15) is 5.26 Å². The lowest BCUT2D eigenvalue weighted by atomic mass is 9.93. The summed E-state index contributed by atoms with van der Waals surface area (Å²) >= 11 is 0. The van der Waals surface area contributed by atoms with Crippen molar-refractivity contribution in [3.63, 3.8) is 0 Å². The Balaban J connectivity index is 2.34. The monoisotopic (exact) mass is 243 g/mol. The van der Waals surface area contributed by atoms with Gasteiger partial charge in [-0.05, 0) is 25.3 Å². The van der Waals surface area contributed by atoms with Gasteiger partial charge >= 0.3 is 0 Å². The molecule has 0 aliphatic heterocycles. The Bertz CT molecular complexity index is 406. The maximum atomic E-state index is 11.1. The van der Waals surface area contributed by atoms with Gasteiger partial charge < -0.3 is 4.79 Å². The summed E-state index contributed by atoms with van der Waals surface area (Å²) in [7, 11) is 0. The van der Waals surface area contributed by atoms with E-state index >= 15 is 0 Å². The molecular weight excluding hydrogens is 222 g/mol. The van der Waals surface area contributed by atoms with E-state index < -0.39 is 0 Å². The summed E-state index contributed by atoms with van der Waals surface area (Å²) in [6.07, 6.45) is 6.86. The molecule has 0 N–H and O–H groups in total. The van der Waals surface area contributed by atoms with Gasteiger partial charge in [0.05, 0.1) is 6.07 Å². The molecule has 2 nitrogen and oxygen atoms in total. The molecule has 0 aliphatic carbocycles. The van der Waals surface area contributed by atoms with E-state index in [9.17, 15) is 4.79 Å². The lowest BCUT2D eigenvalue weighted by molar-refractivity contribution is -0.109. The van der Waals surface area contributed by atoms with E-state index in [1.807, 2.05) is 25.1 Å². The molecule has 1 rings (SSSR count). The quantitative estimate of drug-likeness (QED) is 0.508. The van der Waals surface area contributed by atoms with Crippen LogP contribution in [0, 0.1) is 18.3 Å². The third-order valence-corrected chi connectivity index (χ3v) is 3.19. The minimum absolute atomic E-state index is 0.0286. The van der Waals surface area contributed by atoms with Crippen molar-refractivity contribution >= 4 is 6.29 Å². The molecule has 0 bridgehead atoms. The van der Waals surface area contributed by atoms with Crippen LogP contribution in [0.2, 0.25) is 0 Å². The zero-order chi connectivity index (χ0) is 13.2. The Morgan fingerprint density at radius 1 is 1.28 bits per heavy atom. The first-order valence-corrected chi connectivity index (χ1v) is 6.66. The average molecular weight is 243 g/mol. The number of carbonyl (C=O) groups excluding carboxylic acids is 1. The number of aldehydes is 1. The van der Waals surface area contributed by atoms with Crippen LogP contribution in [0.1, 0.15) is 55.6 Å². The second kappa shape index (κ2) is 8.47. The van der Waals surface area contributed by atoms with Gasteiger partial charge in [-0.15, -0.1) is 0 Å². The number of nitrogens with zero attached hydrogens (tertiary/aromatic N) is 1. The molecule has 0 spiro atoms. The van der Waals surface area contributed by atoms with Gasteiger partial charge in [0.2, 0.25) is 0 Å². The molecule has 1 aromatic carbocycles. The predicted molar refractivity (Wildman–Crippen MR) is 73.3 cm³/mol. The van der Waals surface area contributed by atoms with Gasteiger partial charge in [-0.1, -0.05) is 49.1 Å². The highest BCUT2D eigenvalue weighted by Gasteiger charge is 2.09. The maximum absolute atomic E-state index is 11.1. The summed E-state index contributed by atoms with van der Waals surface area (Å²) in [5.41, 5.74) is 2.33. The number of benzene rings is 1. The predicted octanol–water partition coefficient (Wildman–Crippen LogP) is 4.14. The van der Waals surface area contributed by atoms with Crippen LogP contribution in [0.15, 0.2) is 24.3 Å². The van der Waals surface area contributed by atoms with Crippen molar-refractivity contribution in [1.82, 2.24) is 0 Å². The first kappa shape index (κ1) is 14.4. The lowest BCUT2D eigenvalue weighted by Crippen LogP contribution is -2.00. The summed E-state index contributed by atoms with van der Waals surface area (Å²) in [5, 5.41) is 8.43. The SMILES string of the molecule is Cc1cccc(C(C=O)CCCCCCC#N)c1. The summed E-state index contributed by atoms with van der Waals surface area (Å²) in [6.45, 7) is 2.05. The number of hydrogen-bond acceptors (Lipinski definition) is 2. The van der Waals surface area contributed by atoms with Crippen molar-refractivity contribution in [1.29, 1.82) is 5.26 Å². The van der Waals surface area contributed by atoms with Gasteiger partial charge in [0.15, 0.2) is 0 Å². The molecule has 1 unspecified atom stereocenters. The molecule has 2 heteroatoms. The van der Waals surface area contributed by atoms with Crippen molar-refractivity contribution in [2.45, 2.75) is 51.4 Å². The Hall–Kier alpha value is -1.62. The molecule has 0 radical (unpaired) electrons. The van der Waals surface area contributed by atoms with Crippen molar-refractivity contribution in [3.8, 4) is 6.07 Å². The Kier molecular flexibility index (Phi) is 6.79. The maximum Gasteiger partial charge on any atom is 0.127 e. The summed E-state index contributed by atoms with van der Waals surface area (Å²) in [4.78, 5) is 11.1. The fourth-order valence-corrected chi connectivity index (χ4v) is 2.14. The second-order valence-corrected chi connectivity index (χ2v) is 4.77. The molecule has 0 aromatic heterocycles. The molecule has 0 saturated heterocycles. The Morgan fingerprint density at radius 3 is 2.72 bits per heavy atom. The van der Waals surface area contributed by atoms with Crippen molar-refractivity contribution in [3.05, 3.63) is 35.4 Å². The van der Waals surface area contributed by atoms with Crippen LogP contribution in [0.5, 0.6) is 0 Å². The largest absolute Gasteiger partial charge is 0.303 e. The lowest BCUT2D eigenvalue weighted by Gasteiger charge is -2.11. The number of nitriles is 1. The van der Waals surface area contributed by atoms with Crippen LogP contribution < -0.4 is 0 Å².